The van der Waals surface area contributed by atoms with Gasteiger partial charge in [-0.1, -0.05) is 36.4 Å². The molecule has 4 rings (SSSR count). The fraction of sp³-hybridized carbons (Fsp3) is 0.100. The maximum absolute atomic E-state index is 12.7. The Balaban J connectivity index is 1.68. The molecule has 0 unspecified atom stereocenters. The van der Waals surface area contributed by atoms with E-state index in [4.69, 9.17) is 0 Å². The van der Waals surface area contributed by atoms with Crippen LogP contribution in [0.15, 0.2) is 73.1 Å². The average molecular weight is 343 g/mol. The molecule has 128 valence electrons. The second-order valence-electron chi connectivity index (χ2n) is 5.94. The Morgan fingerprint density at radius 2 is 1.77 bits per heavy atom. The summed E-state index contributed by atoms with van der Waals surface area (Å²) in [6.07, 6.45) is 3.94. The Hall–Kier alpha value is -3.54. The van der Waals surface area contributed by atoms with Crippen LogP contribution < -0.4 is 5.32 Å². The molecule has 0 radical (unpaired) electrons. The third-order valence-electron chi connectivity index (χ3n) is 4.19. The van der Waals surface area contributed by atoms with Crippen molar-refractivity contribution in [1.82, 2.24) is 25.5 Å². The number of amides is 1. The topological polar surface area (TPSA) is 83.6 Å². The van der Waals surface area contributed by atoms with Gasteiger partial charge in [0.05, 0.1) is 11.7 Å². The second-order valence-corrected chi connectivity index (χ2v) is 5.94. The van der Waals surface area contributed by atoms with E-state index in [9.17, 15) is 4.79 Å². The highest BCUT2D eigenvalue weighted by molar-refractivity contribution is 5.92. The molecular formula is C20H17N5O. The van der Waals surface area contributed by atoms with E-state index in [0.717, 1.165) is 16.6 Å². The van der Waals surface area contributed by atoms with Crippen LogP contribution in [0.2, 0.25) is 0 Å². The molecule has 26 heavy (non-hydrogen) atoms. The van der Waals surface area contributed by atoms with Crippen molar-refractivity contribution in [2.24, 2.45) is 0 Å². The smallest absolute Gasteiger partial charge is 0.270 e. The minimum Gasteiger partial charge on any atom is -0.342 e. The molecule has 6 heteroatoms. The van der Waals surface area contributed by atoms with Crippen LogP contribution in [0.5, 0.6) is 0 Å². The molecule has 0 aliphatic rings. The first-order valence-electron chi connectivity index (χ1n) is 8.36. The highest BCUT2D eigenvalue weighted by Crippen LogP contribution is 2.24. The van der Waals surface area contributed by atoms with Crippen molar-refractivity contribution in [3.8, 4) is 0 Å². The summed E-state index contributed by atoms with van der Waals surface area (Å²) in [6, 6.07) is 18.8. The van der Waals surface area contributed by atoms with E-state index in [2.05, 4.69) is 25.5 Å². The minimum atomic E-state index is -0.277. The molecule has 1 amide bonds. The average Bonchev–Trinajstić information content (AvgIpc) is 3.13. The summed E-state index contributed by atoms with van der Waals surface area (Å²) in [5, 5.41) is 11.3. The number of carbonyl (C=O) groups excluding carboxylic acids is 1. The zero-order chi connectivity index (χ0) is 17.8. The van der Waals surface area contributed by atoms with Crippen molar-refractivity contribution in [3.05, 3.63) is 90.0 Å². The SMILES string of the molecule is O=C(N[C@H](Cc1ccccc1)c1[nH]nc2ncccc12)c1ccccn1. The fourth-order valence-corrected chi connectivity index (χ4v) is 2.94. The quantitative estimate of drug-likeness (QED) is 0.583. The molecule has 1 aromatic carbocycles. The third kappa shape index (κ3) is 3.30. The highest BCUT2D eigenvalue weighted by Gasteiger charge is 2.21. The number of carbonyl (C=O) groups is 1. The number of aromatic amines is 1. The second kappa shape index (κ2) is 7.14. The molecular weight excluding hydrogens is 326 g/mol. The highest BCUT2D eigenvalue weighted by atomic mass is 16.1. The van der Waals surface area contributed by atoms with Crippen molar-refractivity contribution in [3.63, 3.8) is 0 Å². The lowest BCUT2D eigenvalue weighted by Gasteiger charge is -2.18. The van der Waals surface area contributed by atoms with Gasteiger partial charge in [-0.2, -0.15) is 5.10 Å². The van der Waals surface area contributed by atoms with Gasteiger partial charge in [0.15, 0.2) is 5.65 Å². The number of rotatable bonds is 5. The number of fused-ring (bicyclic) bond motifs is 1. The summed E-state index contributed by atoms with van der Waals surface area (Å²) in [5.74, 6) is -0.224. The Labute approximate surface area is 150 Å². The van der Waals surface area contributed by atoms with Gasteiger partial charge in [0.1, 0.15) is 5.69 Å². The lowest BCUT2D eigenvalue weighted by atomic mass is 10.0. The summed E-state index contributed by atoms with van der Waals surface area (Å²) in [4.78, 5) is 21.0. The monoisotopic (exact) mass is 343 g/mol. The molecule has 0 saturated carbocycles. The van der Waals surface area contributed by atoms with Gasteiger partial charge in [-0.05, 0) is 36.2 Å². The van der Waals surface area contributed by atoms with Crippen LogP contribution in [0.25, 0.3) is 11.0 Å². The summed E-state index contributed by atoms with van der Waals surface area (Å²) < 4.78 is 0. The van der Waals surface area contributed by atoms with Crippen LogP contribution in [0.1, 0.15) is 27.8 Å². The molecule has 2 N–H and O–H groups in total. The van der Waals surface area contributed by atoms with Gasteiger partial charge in [-0.25, -0.2) is 4.98 Å². The number of pyridine rings is 2. The summed E-state index contributed by atoms with van der Waals surface area (Å²) in [6.45, 7) is 0. The number of hydrogen-bond donors (Lipinski definition) is 2. The van der Waals surface area contributed by atoms with Crippen molar-refractivity contribution in [2.75, 3.05) is 0 Å². The zero-order valence-electron chi connectivity index (χ0n) is 14.0. The van der Waals surface area contributed by atoms with E-state index in [1.54, 1.807) is 30.6 Å². The number of hydrogen-bond acceptors (Lipinski definition) is 4. The van der Waals surface area contributed by atoms with Gasteiger partial charge in [-0.15, -0.1) is 0 Å². The first kappa shape index (κ1) is 16.0. The number of nitrogens with one attached hydrogen (secondary N) is 2. The molecule has 3 heterocycles. The fourth-order valence-electron chi connectivity index (χ4n) is 2.94. The standard InChI is InChI=1S/C20H17N5O/c26-20(16-10-4-5-11-21-16)23-17(13-14-7-2-1-3-8-14)18-15-9-6-12-22-19(15)25-24-18/h1-12,17H,13H2,(H,23,26)(H,22,24,25)/t17-/m1/s1. The van der Waals surface area contributed by atoms with Crippen LogP contribution in [0.3, 0.4) is 0 Å². The Bertz CT molecular complexity index is 1010. The Kier molecular flexibility index (Phi) is 4.38. The molecule has 1 atom stereocenters. The van der Waals surface area contributed by atoms with Crippen LogP contribution in [0, 0.1) is 0 Å². The maximum Gasteiger partial charge on any atom is 0.270 e. The third-order valence-corrected chi connectivity index (χ3v) is 4.19. The van der Waals surface area contributed by atoms with Crippen LogP contribution >= 0.6 is 0 Å². The van der Waals surface area contributed by atoms with Crippen molar-refractivity contribution in [2.45, 2.75) is 12.5 Å². The zero-order valence-corrected chi connectivity index (χ0v) is 14.0. The van der Waals surface area contributed by atoms with Crippen molar-refractivity contribution >= 4 is 16.9 Å². The van der Waals surface area contributed by atoms with E-state index in [0.29, 0.717) is 17.8 Å². The van der Waals surface area contributed by atoms with Crippen molar-refractivity contribution < 1.29 is 4.79 Å². The summed E-state index contributed by atoms with van der Waals surface area (Å²) in [7, 11) is 0. The van der Waals surface area contributed by atoms with E-state index < -0.39 is 0 Å². The molecule has 0 aliphatic heterocycles. The summed E-state index contributed by atoms with van der Waals surface area (Å²) >= 11 is 0. The predicted octanol–water partition coefficient (Wildman–Crippen LogP) is 3.07. The van der Waals surface area contributed by atoms with Crippen LogP contribution in [-0.2, 0) is 6.42 Å². The van der Waals surface area contributed by atoms with Gasteiger partial charge in [0, 0.05) is 17.8 Å². The van der Waals surface area contributed by atoms with E-state index in [1.165, 1.54) is 0 Å². The largest absolute Gasteiger partial charge is 0.342 e. The van der Waals surface area contributed by atoms with E-state index in [1.807, 2.05) is 42.5 Å². The molecule has 4 aromatic rings. The normalized spacial score (nSPS) is 12.0. The van der Waals surface area contributed by atoms with Crippen molar-refractivity contribution in [1.29, 1.82) is 0 Å². The van der Waals surface area contributed by atoms with Gasteiger partial charge >= 0.3 is 0 Å². The molecule has 0 spiro atoms. The van der Waals surface area contributed by atoms with E-state index >= 15 is 0 Å². The molecule has 0 saturated heterocycles. The number of nitrogens with zero attached hydrogens (tertiary/aromatic N) is 3. The van der Waals surface area contributed by atoms with Gasteiger partial charge in [-0.3, -0.25) is 14.9 Å². The molecule has 3 aromatic heterocycles. The lowest BCUT2D eigenvalue weighted by molar-refractivity contribution is 0.0931. The molecule has 0 bridgehead atoms. The molecule has 6 nitrogen and oxygen atoms in total. The van der Waals surface area contributed by atoms with Crippen LogP contribution in [0.4, 0.5) is 0 Å². The number of benzene rings is 1. The van der Waals surface area contributed by atoms with Crippen LogP contribution in [-0.4, -0.2) is 26.1 Å². The summed E-state index contributed by atoms with van der Waals surface area (Å²) in [5.41, 5.74) is 2.96. The first-order chi connectivity index (χ1) is 12.8. The first-order valence-corrected chi connectivity index (χ1v) is 8.36. The molecule has 0 fully saturated rings. The molecule has 0 aliphatic carbocycles. The predicted molar refractivity (Wildman–Crippen MR) is 98.5 cm³/mol. The maximum atomic E-state index is 12.7. The Morgan fingerprint density at radius 3 is 2.58 bits per heavy atom. The van der Waals surface area contributed by atoms with Gasteiger partial charge < -0.3 is 5.32 Å². The number of H-pyrrole nitrogens is 1. The minimum absolute atomic E-state index is 0.224. The van der Waals surface area contributed by atoms with E-state index in [-0.39, 0.29) is 11.9 Å². The number of aromatic nitrogens is 4. The van der Waals surface area contributed by atoms with Gasteiger partial charge in [0.2, 0.25) is 0 Å². The van der Waals surface area contributed by atoms with Gasteiger partial charge in [0.25, 0.3) is 5.91 Å². The lowest BCUT2D eigenvalue weighted by Crippen LogP contribution is -2.31. The Morgan fingerprint density at radius 1 is 0.962 bits per heavy atom.